The van der Waals surface area contributed by atoms with E-state index in [9.17, 15) is 4.79 Å². The number of nitrogens with one attached hydrogen (secondary N) is 1. The molecule has 0 aromatic carbocycles. The predicted molar refractivity (Wildman–Crippen MR) is 91.0 cm³/mol. The summed E-state index contributed by atoms with van der Waals surface area (Å²) >= 11 is 3.11. The molecule has 2 aromatic heterocycles. The van der Waals surface area contributed by atoms with Crippen LogP contribution in [-0.2, 0) is 11.8 Å². The average molecular weight is 339 g/mol. The van der Waals surface area contributed by atoms with Gasteiger partial charge in [-0.3, -0.25) is 4.79 Å². The Labute approximate surface area is 139 Å². The molecule has 0 saturated heterocycles. The fourth-order valence-corrected chi connectivity index (χ4v) is 3.68. The van der Waals surface area contributed by atoms with Crippen molar-refractivity contribution in [1.82, 2.24) is 20.1 Å². The number of thioether (sulfide) groups is 1. The van der Waals surface area contributed by atoms with Crippen molar-refractivity contribution in [3.63, 3.8) is 0 Å². The Bertz CT molecular complexity index is 594. The monoisotopic (exact) mass is 338 g/mol. The van der Waals surface area contributed by atoms with Crippen LogP contribution in [0.2, 0.25) is 0 Å². The summed E-state index contributed by atoms with van der Waals surface area (Å²) in [7, 11) is 1.88. The summed E-state index contributed by atoms with van der Waals surface area (Å²) in [5.74, 6) is 0.557. The molecule has 0 aliphatic rings. The summed E-state index contributed by atoms with van der Waals surface area (Å²) in [6.07, 6.45) is 2.58. The van der Waals surface area contributed by atoms with E-state index in [1.54, 1.807) is 17.7 Å². The molecule has 0 radical (unpaired) electrons. The number of hydrogen-bond acceptors (Lipinski definition) is 5. The number of nitrogens with zero attached hydrogens (tertiary/aromatic N) is 3. The molecule has 0 aliphatic carbocycles. The number of hydrogen-bond donors (Lipinski definition) is 1. The summed E-state index contributed by atoms with van der Waals surface area (Å²) in [5.41, 5.74) is 0. The van der Waals surface area contributed by atoms with Crippen molar-refractivity contribution >= 4 is 29.0 Å². The fourth-order valence-electron chi connectivity index (χ4n) is 2.09. The van der Waals surface area contributed by atoms with E-state index >= 15 is 0 Å². The van der Waals surface area contributed by atoms with Gasteiger partial charge in [0.25, 0.3) is 0 Å². The number of aromatic nitrogens is 3. The minimum atomic E-state index is -0.211. The van der Waals surface area contributed by atoms with Gasteiger partial charge in [0.05, 0.1) is 11.3 Å². The van der Waals surface area contributed by atoms with Crippen LogP contribution in [0.4, 0.5) is 0 Å². The van der Waals surface area contributed by atoms with Gasteiger partial charge < -0.3 is 9.88 Å². The van der Waals surface area contributed by atoms with E-state index in [2.05, 4.69) is 35.4 Å². The van der Waals surface area contributed by atoms with E-state index in [4.69, 9.17) is 0 Å². The SMILES string of the molecule is CC(C)C[C@H](NC(=O)[C@H](C)Sc1nncn1C)c1cccs1. The van der Waals surface area contributed by atoms with Gasteiger partial charge in [0.2, 0.25) is 5.91 Å². The number of amides is 1. The Morgan fingerprint density at radius 3 is 2.77 bits per heavy atom. The van der Waals surface area contributed by atoms with Crippen LogP contribution >= 0.6 is 23.1 Å². The van der Waals surface area contributed by atoms with Gasteiger partial charge in [-0.05, 0) is 30.7 Å². The Kier molecular flexibility index (Phi) is 6.02. The molecule has 120 valence electrons. The smallest absolute Gasteiger partial charge is 0.233 e. The summed E-state index contributed by atoms with van der Waals surface area (Å²) in [4.78, 5) is 13.7. The molecule has 5 nitrogen and oxygen atoms in total. The Hall–Kier alpha value is -1.34. The summed E-state index contributed by atoms with van der Waals surface area (Å²) < 4.78 is 1.82. The molecule has 0 bridgehead atoms. The van der Waals surface area contributed by atoms with Crippen molar-refractivity contribution in [3.8, 4) is 0 Å². The molecular formula is C15H22N4OS2. The first kappa shape index (κ1) is 17.0. The first-order valence-corrected chi connectivity index (χ1v) is 9.07. The maximum absolute atomic E-state index is 12.5. The van der Waals surface area contributed by atoms with Crippen molar-refractivity contribution in [1.29, 1.82) is 0 Å². The van der Waals surface area contributed by atoms with Crippen molar-refractivity contribution in [2.45, 2.75) is 43.6 Å². The van der Waals surface area contributed by atoms with Gasteiger partial charge in [-0.25, -0.2) is 0 Å². The highest BCUT2D eigenvalue weighted by Crippen LogP contribution is 2.27. The summed E-state index contributed by atoms with van der Waals surface area (Å²) in [6.45, 7) is 6.24. The van der Waals surface area contributed by atoms with Gasteiger partial charge in [-0.1, -0.05) is 31.7 Å². The molecular weight excluding hydrogens is 316 g/mol. The second-order valence-electron chi connectivity index (χ2n) is 5.69. The zero-order valence-electron chi connectivity index (χ0n) is 13.3. The zero-order valence-corrected chi connectivity index (χ0v) is 14.9. The molecule has 2 atom stereocenters. The largest absolute Gasteiger partial charge is 0.348 e. The van der Waals surface area contributed by atoms with Crippen molar-refractivity contribution in [3.05, 3.63) is 28.7 Å². The van der Waals surface area contributed by atoms with Crippen molar-refractivity contribution in [2.75, 3.05) is 0 Å². The van der Waals surface area contributed by atoms with Crippen molar-refractivity contribution < 1.29 is 4.79 Å². The maximum atomic E-state index is 12.5. The van der Waals surface area contributed by atoms with Crippen LogP contribution < -0.4 is 5.32 Å². The minimum Gasteiger partial charge on any atom is -0.348 e. The summed E-state index contributed by atoms with van der Waals surface area (Å²) in [6, 6.07) is 4.19. The van der Waals surface area contributed by atoms with Gasteiger partial charge in [-0.15, -0.1) is 21.5 Å². The molecule has 0 aliphatic heterocycles. The molecule has 1 N–H and O–H groups in total. The van der Waals surface area contributed by atoms with Gasteiger partial charge in [0.1, 0.15) is 6.33 Å². The molecule has 2 heterocycles. The van der Waals surface area contributed by atoms with Crippen LogP contribution in [0.25, 0.3) is 0 Å². The highest BCUT2D eigenvalue weighted by molar-refractivity contribution is 8.00. The van der Waals surface area contributed by atoms with Gasteiger partial charge in [0.15, 0.2) is 5.16 Å². The second kappa shape index (κ2) is 7.78. The molecule has 7 heteroatoms. The lowest BCUT2D eigenvalue weighted by Gasteiger charge is -2.21. The lowest BCUT2D eigenvalue weighted by atomic mass is 10.0. The molecule has 22 heavy (non-hydrogen) atoms. The van der Waals surface area contributed by atoms with Crippen molar-refractivity contribution in [2.24, 2.45) is 13.0 Å². The number of rotatable bonds is 7. The van der Waals surface area contributed by atoms with Crippen LogP contribution in [0.1, 0.15) is 38.1 Å². The van der Waals surface area contributed by atoms with Crippen LogP contribution in [0.5, 0.6) is 0 Å². The number of aryl methyl sites for hydroxylation is 1. The van der Waals surface area contributed by atoms with Crippen LogP contribution in [0, 0.1) is 5.92 Å². The maximum Gasteiger partial charge on any atom is 0.233 e. The number of thiophene rings is 1. The van der Waals surface area contributed by atoms with Gasteiger partial charge in [0, 0.05) is 11.9 Å². The van der Waals surface area contributed by atoms with Crippen LogP contribution in [-0.4, -0.2) is 25.9 Å². The van der Waals surface area contributed by atoms with Crippen LogP contribution in [0.3, 0.4) is 0 Å². The number of carbonyl (C=O) groups excluding carboxylic acids is 1. The topological polar surface area (TPSA) is 59.8 Å². The molecule has 0 spiro atoms. The number of carbonyl (C=O) groups is 1. The lowest BCUT2D eigenvalue weighted by molar-refractivity contribution is -0.121. The average Bonchev–Trinajstić information content (AvgIpc) is 3.10. The molecule has 2 aromatic rings. The van der Waals surface area contributed by atoms with E-state index in [0.717, 1.165) is 11.6 Å². The molecule has 0 unspecified atom stereocenters. The minimum absolute atomic E-state index is 0.0343. The first-order chi connectivity index (χ1) is 10.5. The van der Waals surface area contributed by atoms with Gasteiger partial charge in [-0.2, -0.15) is 0 Å². The third-order valence-corrected chi connectivity index (χ3v) is 5.37. The third-order valence-electron chi connectivity index (χ3n) is 3.23. The fraction of sp³-hybridized carbons (Fsp3) is 0.533. The van der Waals surface area contributed by atoms with E-state index in [0.29, 0.717) is 5.92 Å². The predicted octanol–water partition coefficient (Wildman–Crippen LogP) is 3.26. The molecule has 0 fully saturated rings. The van der Waals surface area contributed by atoms with E-state index in [-0.39, 0.29) is 17.2 Å². The lowest BCUT2D eigenvalue weighted by Crippen LogP contribution is -2.34. The quantitative estimate of drug-likeness (QED) is 0.787. The molecule has 2 rings (SSSR count). The Morgan fingerprint density at radius 2 is 2.23 bits per heavy atom. The highest BCUT2D eigenvalue weighted by atomic mass is 32.2. The first-order valence-electron chi connectivity index (χ1n) is 7.31. The van der Waals surface area contributed by atoms with E-state index in [1.165, 1.54) is 16.6 Å². The van der Waals surface area contributed by atoms with Crippen LogP contribution in [0.15, 0.2) is 29.0 Å². The molecule has 1 amide bonds. The van der Waals surface area contributed by atoms with Gasteiger partial charge >= 0.3 is 0 Å². The summed E-state index contributed by atoms with van der Waals surface area (Å²) in [5, 5.41) is 13.6. The highest BCUT2D eigenvalue weighted by Gasteiger charge is 2.22. The normalized spacial score (nSPS) is 14.0. The molecule has 0 saturated carbocycles. The Balaban J connectivity index is 1.99. The Morgan fingerprint density at radius 1 is 1.45 bits per heavy atom. The standard InChI is InChI=1S/C15H22N4OS2/c1-10(2)8-12(13-6-5-7-21-13)17-14(20)11(3)22-15-18-16-9-19(15)4/h5-7,9-12H,8H2,1-4H3,(H,17,20)/t11-,12-/m0/s1. The second-order valence-corrected chi connectivity index (χ2v) is 7.98. The third kappa shape index (κ3) is 4.58. The zero-order chi connectivity index (χ0) is 16.1. The van der Waals surface area contributed by atoms with E-state index < -0.39 is 0 Å². The van der Waals surface area contributed by atoms with E-state index in [1.807, 2.05) is 30.0 Å².